The summed E-state index contributed by atoms with van der Waals surface area (Å²) in [6.45, 7) is 9.24. The molecule has 2 nitrogen and oxygen atoms in total. The molecule has 94 valence electrons. The fourth-order valence-corrected chi connectivity index (χ4v) is 2.77. The second-order valence-corrected chi connectivity index (χ2v) is 5.62. The van der Waals surface area contributed by atoms with E-state index < -0.39 is 0 Å². The zero-order valence-corrected chi connectivity index (χ0v) is 12.0. The van der Waals surface area contributed by atoms with Gasteiger partial charge in [0.1, 0.15) is 11.2 Å². The highest BCUT2D eigenvalue weighted by atomic mass is 35.5. The molecule has 18 heavy (non-hydrogen) atoms. The predicted octanol–water partition coefficient (Wildman–Crippen LogP) is 4.44. The third-order valence-electron chi connectivity index (χ3n) is 3.10. The second kappa shape index (κ2) is 4.66. The number of halogens is 1. The Hall–Kier alpha value is -1.46. The number of aromatic nitrogens is 1. The van der Waals surface area contributed by atoms with Crippen molar-refractivity contribution in [2.24, 2.45) is 5.92 Å². The molecule has 0 fully saturated rings. The molecule has 0 aliphatic carbocycles. The quantitative estimate of drug-likeness (QED) is 0.785. The van der Waals surface area contributed by atoms with E-state index in [1.807, 2.05) is 6.92 Å². The molecule has 1 heterocycles. The molecule has 0 saturated carbocycles. The monoisotopic (exact) mass is 260 g/mol. The van der Waals surface area contributed by atoms with Crippen LogP contribution in [0.5, 0.6) is 0 Å². The van der Waals surface area contributed by atoms with E-state index in [-0.39, 0.29) is 0 Å². The van der Waals surface area contributed by atoms with Crippen LogP contribution in [0.3, 0.4) is 0 Å². The second-order valence-electron chi connectivity index (χ2n) is 5.26. The minimum absolute atomic E-state index is 0.491. The summed E-state index contributed by atoms with van der Waals surface area (Å²) in [4.78, 5) is 0. The van der Waals surface area contributed by atoms with Crippen molar-refractivity contribution in [1.29, 1.82) is 5.26 Å². The third kappa shape index (κ3) is 2.00. The minimum atomic E-state index is 0.491. The molecule has 0 aliphatic rings. The van der Waals surface area contributed by atoms with Gasteiger partial charge < -0.3 is 4.57 Å². The standard InChI is InChI=1S/C15H17ClN2/c1-9(2)8-18-13-6-10(3)5-11(4)14(13)12(7-17)15(18)16/h5-6,9H,8H2,1-4H3. The summed E-state index contributed by atoms with van der Waals surface area (Å²) in [6, 6.07) is 6.44. The van der Waals surface area contributed by atoms with E-state index in [9.17, 15) is 5.26 Å². The van der Waals surface area contributed by atoms with Gasteiger partial charge in [0.05, 0.1) is 11.1 Å². The van der Waals surface area contributed by atoms with Crippen LogP contribution in [0.4, 0.5) is 0 Å². The van der Waals surface area contributed by atoms with Gasteiger partial charge in [0.25, 0.3) is 0 Å². The molecule has 0 N–H and O–H groups in total. The maximum Gasteiger partial charge on any atom is 0.128 e. The van der Waals surface area contributed by atoms with Crippen molar-refractivity contribution in [3.8, 4) is 6.07 Å². The van der Waals surface area contributed by atoms with E-state index in [4.69, 9.17) is 11.6 Å². The van der Waals surface area contributed by atoms with Gasteiger partial charge in [-0.2, -0.15) is 5.26 Å². The van der Waals surface area contributed by atoms with Gasteiger partial charge >= 0.3 is 0 Å². The molecule has 2 rings (SSSR count). The van der Waals surface area contributed by atoms with Crippen LogP contribution in [0.25, 0.3) is 10.9 Å². The van der Waals surface area contributed by atoms with Crippen LogP contribution in [-0.2, 0) is 6.54 Å². The molecule has 1 aromatic heterocycles. The largest absolute Gasteiger partial charge is 0.330 e. The molecule has 0 saturated heterocycles. The van der Waals surface area contributed by atoms with E-state index in [0.29, 0.717) is 16.6 Å². The summed E-state index contributed by atoms with van der Waals surface area (Å²) in [5.41, 5.74) is 3.99. The molecule has 0 atom stereocenters. The first-order valence-corrected chi connectivity index (χ1v) is 6.52. The van der Waals surface area contributed by atoms with Crippen LogP contribution in [0.15, 0.2) is 12.1 Å². The van der Waals surface area contributed by atoms with Crippen molar-refractivity contribution in [3.63, 3.8) is 0 Å². The highest BCUT2D eigenvalue weighted by Crippen LogP contribution is 2.33. The topological polar surface area (TPSA) is 28.7 Å². The van der Waals surface area contributed by atoms with Crippen LogP contribution in [0, 0.1) is 31.1 Å². The molecule has 2 aromatic rings. The van der Waals surface area contributed by atoms with Gasteiger partial charge in [-0.15, -0.1) is 0 Å². The smallest absolute Gasteiger partial charge is 0.128 e. The van der Waals surface area contributed by atoms with Crippen LogP contribution in [-0.4, -0.2) is 4.57 Å². The lowest BCUT2D eigenvalue weighted by atomic mass is 10.1. The zero-order chi connectivity index (χ0) is 13.4. The lowest BCUT2D eigenvalue weighted by molar-refractivity contribution is 0.535. The van der Waals surface area contributed by atoms with Gasteiger partial charge in [0.15, 0.2) is 0 Å². The summed E-state index contributed by atoms with van der Waals surface area (Å²) in [5, 5.41) is 10.9. The van der Waals surface area contributed by atoms with Gasteiger partial charge in [-0.1, -0.05) is 31.5 Å². The predicted molar refractivity (Wildman–Crippen MR) is 76.0 cm³/mol. The Balaban J connectivity index is 2.86. The summed E-state index contributed by atoms with van der Waals surface area (Å²) in [5.74, 6) is 0.491. The third-order valence-corrected chi connectivity index (χ3v) is 3.50. The van der Waals surface area contributed by atoms with Crippen molar-refractivity contribution in [2.75, 3.05) is 0 Å². The molecule has 0 unspecified atom stereocenters. The number of aryl methyl sites for hydroxylation is 2. The van der Waals surface area contributed by atoms with Crippen LogP contribution in [0.2, 0.25) is 5.15 Å². The maximum absolute atomic E-state index is 9.31. The van der Waals surface area contributed by atoms with Gasteiger partial charge in [-0.25, -0.2) is 0 Å². The minimum Gasteiger partial charge on any atom is -0.330 e. The Kier molecular flexibility index (Phi) is 3.36. The molecule has 0 aliphatic heterocycles. The summed E-state index contributed by atoms with van der Waals surface area (Å²) >= 11 is 6.36. The Morgan fingerprint density at radius 3 is 2.56 bits per heavy atom. The van der Waals surface area contributed by atoms with Crippen LogP contribution < -0.4 is 0 Å². The Morgan fingerprint density at radius 2 is 2.00 bits per heavy atom. The van der Waals surface area contributed by atoms with E-state index in [0.717, 1.165) is 23.0 Å². The van der Waals surface area contributed by atoms with E-state index in [1.54, 1.807) is 0 Å². The number of nitrogens with zero attached hydrogens (tertiary/aromatic N) is 2. The molecule has 0 radical (unpaired) electrons. The summed E-state index contributed by atoms with van der Waals surface area (Å²) in [7, 11) is 0. The zero-order valence-electron chi connectivity index (χ0n) is 11.2. The van der Waals surface area contributed by atoms with Crippen molar-refractivity contribution < 1.29 is 0 Å². The average molecular weight is 261 g/mol. The molecular formula is C15H17ClN2. The Bertz CT molecular complexity index is 645. The fraction of sp³-hybridized carbons (Fsp3) is 0.400. The molecule has 3 heteroatoms. The van der Waals surface area contributed by atoms with Crippen molar-refractivity contribution in [1.82, 2.24) is 4.57 Å². The first-order chi connectivity index (χ1) is 8.45. The van der Waals surface area contributed by atoms with Crippen molar-refractivity contribution >= 4 is 22.5 Å². The van der Waals surface area contributed by atoms with Gasteiger partial charge in [0, 0.05) is 11.9 Å². The average Bonchev–Trinajstić information content (AvgIpc) is 2.52. The number of benzene rings is 1. The first kappa shape index (κ1) is 13.0. The number of fused-ring (bicyclic) bond motifs is 1. The number of nitriles is 1. The van der Waals surface area contributed by atoms with Crippen molar-refractivity contribution in [3.05, 3.63) is 34.0 Å². The number of hydrogen-bond acceptors (Lipinski definition) is 1. The van der Waals surface area contributed by atoms with Crippen molar-refractivity contribution in [2.45, 2.75) is 34.2 Å². The fourth-order valence-electron chi connectivity index (χ4n) is 2.47. The molecule has 0 spiro atoms. The van der Waals surface area contributed by atoms with E-state index in [2.05, 4.69) is 43.5 Å². The maximum atomic E-state index is 9.31. The van der Waals surface area contributed by atoms with Gasteiger partial charge in [-0.05, 0) is 37.0 Å². The molecule has 1 aromatic carbocycles. The summed E-state index contributed by atoms with van der Waals surface area (Å²) in [6.07, 6.45) is 0. The normalized spacial score (nSPS) is 11.2. The highest BCUT2D eigenvalue weighted by Gasteiger charge is 2.18. The first-order valence-electron chi connectivity index (χ1n) is 6.14. The lowest BCUT2D eigenvalue weighted by Crippen LogP contribution is -2.04. The van der Waals surface area contributed by atoms with Gasteiger partial charge in [-0.3, -0.25) is 0 Å². The highest BCUT2D eigenvalue weighted by molar-refractivity contribution is 6.32. The molecular weight excluding hydrogens is 244 g/mol. The number of hydrogen-bond donors (Lipinski definition) is 0. The molecule has 0 amide bonds. The Morgan fingerprint density at radius 1 is 1.33 bits per heavy atom. The Labute approximate surface area is 113 Å². The summed E-state index contributed by atoms with van der Waals surface area (Å²) < 4.78 is 2.06. The van der Waals surface area contributed by atoms with Crippen LogP contribution >= 0.6 is 11.6 Å². The van der Waals surface area contributed by atoms with Crippen LogP contribution in [0.1, 0.15) is 30.5 Å². The van der Waals surface area contributed by atoms with E-state index >= 15 is 0 Å². The SMILES string of the molecule is Cc1cc(C)c2c(C#N)c(Cl)n(CC(C)C)c2c1. The molecule has 0 bridgehead atoms. The lowest BCUT2D eigenvalue weighted by Gasteiger charge is -2.10. The number of rotatable bonds is 2. The van der Waals surface area contributed by atoms with E-state index in [1.165, 1.54) is 5.56 Å². The van der Waals surface area contributed by atoms with Gasteiger partial charge in [0.2, 0.25) is 0 Å².